The van der Waals surface area contributed by atoms with Gasteiger partial charge < -0.3 is 14.8 Å². The molecule has 7 heteroatoms. The number of carbonyl (C=O) groups excluding carboxylic acids is 2. The van der Waals surface area contributed by atoms with Gasteiger partial charge in [0, 0.05) is 12.0 Å². The number of hydrazine groups is 1. The third kappa shape index (κ3) is 5.03. The molecule has 0 spiro atoms. The van der Waals surface area contributed by atoms with Crippen LogP contribution in [0.5, 0.6) is 11.5 Å². The van der Waals surface area contributed by atoms with E-state index in [9.17, 15) is 9.59 Å². The summed E-state index contributed by atoms with van der Waals surface area (Å²) in [5.74, 6) is 0.918. The summed E-state index contributed by atoms with van der Waals surface area (Å²) in [6, 6.07) is 12.9. The van der Waals surface area contributed by atoms with Crippen LogP contribution in [0, 0.1) is 5.92 Å². The monoisotopic (exact) mass is 411 g/mol. The summed E-state index contributed by atoms with van der Waals surface area (Å²) in [4.78, 5) is 24.5. The minimum absolute atomic E-state index is 0.0999. The molecule has 30 heavy (non-hydrogen) atoms. The van der Waals surface area contributed by atoms with Crippen molar-refractivity contribution in [1.82, 2.24) is 10.9 Å². The Labute approximate surface area is 177 Å². The van der Waals surface area contributed by atoms with Gasteiger partial charge in [0.05, 0.1) is 19.9 Å². The van der Waals surface area contributed by atoms with Crippen LogP contribution in [0.4, 0.5) is 10.5 Å². The molecule has 0 aliphatic heterocycles. The Hall–Kier alpha value is -3.22. The molecule has 3 rings (SSSR count). The van der Waals surface area contributed by atoms with Gasteiger partial charge in [-0.15, -0.1) is 0 Å². The first kappa shape index (κ1) is 21.5. The molecule has 0 bridgehead atoms. The quantitative estimate of drug-likeness (QED) is 0.650. The lowest BCUT2D eigenvalue weighted by atomic mass is 9.86. The zero-order valence-corrected chi connectivity index (χ0v) is 18.0. The third-order valence-electron chi connectivity index (χ3n) is 5.29. The summed E-state index contributed by atoms with van der Waals surface area (Å²) in [7, 11) is 3.05. The lowest BCUT2D eigenvalue weighted by Gasteiger charge is -2.19. The van der Waals surface area contributed by atoms with Crippen LogP contribution in [-0.2, 0) is 10.2 Å². The number of hydrogen-bond donors (Lipinski definition) is 3. The molecule has 3 amide bonds. The average Bonchev–Trinajstić information content (AvgIpc) is 3.53. The lowest BCUT2D eigenvalue weighted by molar-refractivity contribution is -0.123. The number of nitrogens with one attached hydrogen (secondary N) is 3. The second kappa shape index (κ2) is 8.65. The van der Waals surface area contributed by atoms with Crippen molar-refractivity contribution < 1.29 is 19.1 Å². The summed E-state index contributed by atoms with van der Waals surface area (Å²) in [5, 5.41) is 2.65. The molecule has 0 saturated heterocycles. The maximum Gasteiger partial charge on any atom is 0.338 e. The molecule has 0 heterocycles. The maximum atomic E-state index is 12.4. The number of rotatable bonds is 5. The normalized spacial score (nSPS) is 17.6. The van der Waals surface area contributed by atoms with Crippen LogP contribution in [-0.4, -0.2) is 26.2 Å². The highest BCUT2D eigenvalue weighted by atomic mass is 16.5. The Balaban J connectivity index is 1.50. The van der Waals surface area contributed by atoms with E-state index < -0.39 is 6.03 Å². The summed E-state index contributed by atoms with van der Waals surface area (Å²) in [6.45, 7) is 6.52. The van der Waals surface area contributed by atoms with Gasteiger partial charge in [-0.1, -0.05) is 45.0 Å². The molecule has 2 atom stereocenters. The standard InChI is InChI=1S/C23H29N3O4/c1-23(2,3)15-8-6-14(7-9-15)17-13-18(17)21(27)25-26-22(28)24-19-11-10-16(29-4)12-20(19)30-5/h6-12,17-18H,13H2,1-5H3,(H,25,27)(H2,24,26,28)/t17-,18-/m0/s1. The van der Waals surface area contributed by atoms with Crippen molar-refractivity contribution in [1.29, 1.82) is 0 Å². The van der Waals surface area contributed by atoms with Crippen LogP contribution in [0.25, 0.3) is 0 Å². The van der Waals surface area contributed by atoms with Crippen LogP contribution < -0.4 is 25.6 Å². The molecule has 0 radical (unpaired) electrons. The van der Waals surface area contributed by atoms with Gasteiger partial charge in [-0.25, -0.2) is 10.2 Å². The van der Waals surface area contributed by atoms with Crippen LogP contribution in [0.15, 0.2) is 42.5 Å². The van der Waals surface area contributed by atoms with Gasteiger partial charge in [-0.05, 0) is 41.0 Å². The van der Waals surface area contributed by atoms with Gasteiger partial charge >= 0.3 is 6.03 Å². The van der Waals surface area contributed by atoms with Crippen molar-refractivity contribution in [2.24, 2.45) is 5.92 Å². The molecule has 0 aromatic heterocycles. The second-order valence-electron chi connectivity index (χ2n) is 8.46. The molecule has 160 valence electrons. The van der Waals surface area contributed by atoms with Crippen molar-refractivity contribution in [2.75, 3.05) is 19.5 Å². The molecule has 3 N–H and O–H groups in total. The van der Waals surface area contributed by atoms with E-state index in [1.54, 1.807) is 25.3 Å². The fourth-order valence-corrected chi connectivity index (χ4v) is 3.35. The van der Waals surface area contributed by atoms with Gasteiger partial charge in [0.15, 0.2) is 0 Å². The molecule has 2 aromatic carbocycles. The largest absolute Gasteiger partial charge is 0.497 e. The van der Waals surface area contributed by atoms with E-state index in [0.29, 0.717) is 17.2 Å². The van der Waals surface area contributed by atoms with E-state index in [4.69, 9.17) is 9.47 Å². The van der Waals surface area contributed by atoms with Crippen LogP contribution in [0.2, 0.25) is 0 Å². The average molecular weight is 412 g/mol. The molecule has 1 saturated carbocycles. The molecular weight excluding hydrogens is 382 g/mol. The number of benzene rings is 2. The third-order valence-corrected chi connectivity index (χ3v) is 5.29. The first-order valence-electron chi connectivity index (χ1n) is 9.92. The Kier molecular flexibility index (Phi) is 6.20. The minimum Gasteiger partial charge on any atom is -0.497 e. The highest BCUT2D eigenvalue weighted by Crippen LogP contribution is 2.47. The Bertz CT molecular complexity index is 919. The van der Waals surface area contributed by atoms with Crippen LogP contribution >= 0.6 is 0 Å². The van der Waals surface area contributed by atoms with Crippen molar-refractivity contribution in [2.45, 2.75) is 38.5 Å². The fraction of sp³-hybridized carbons (Fsp3) is 0.391. The van der Waals surface area contributed by atoms with Gasteiger partial charge in [-0.2, -0.15) is 0 Å². The molecule has 7 nitrogen and oxygen atoms in total. The van der Waals surface area contributed by atoms with Crippen molar-refractivity contribution in [3.8, 4) is 11.5 Å². The van der Waals surface area contributed by atoms with E-state index in [-0.39, 0.29) is 23.2 Å². The van der Waals surface area contributed by atoms with E-state index >= 15 is 0 Å². The van der Waals surface area contributed by atoms with Crippen molar-refractivity contribution in [3.63, 3.8) is 0 Å². The van der Waals surface area contributed by atoms with E-state index in [1.165, 1.54) is 12.7 Å². The predicted molar refractivity (Wildman–Crippen MR) is 116 cm³/mol. The highest BCUT2D eigenvalue weighted by molar-refractivity contribution is 5.93. The van der Waals surface area contributed by atoms with Crippen molar-refractivity contribution >= 4 is 17.6 Å². The van der Waals surface area contributed by atoms with Gasteiger partial charge in [0.25, 0.3) is 0 Å². The second-order valence-corrected chi connectivity index (χ2v) is 8.46. The minimum atomic E-state index is -0.557. The Morgan fingerprint density at radius 1 is 0.967 bits per heavy atom. The summed E-state index contributed by atoms with van der Waals surface area (Å²) in [5.41, 5.74) is 7.87. The zero-order chi connectivity index (χ0) is 21.9. The first-order valence-corrected chi connectivity index (χ1v) is 9.92. The fourth-order valence-electron chi connectivity index (χ4n) is 3.35. The maximum absolute atomic E-state index is 12.4. The zero-order valence-electron chi connectivity index (χ0n) is 18.0. The Morgan fingerprint density at radius 2 is 1.67 bits per heavy atom. The van der Waals surface area contributed by atoms with Gasteiger partial charge in [0.1, 0.15) is 11.5 Å². The molecular formula is C23H29N3O4. The van der Waals surface area contributed by atoms with E-state index in [0.717, 1.165) is 12.0 Å². The molecule has 2 aromatic rings. The SMILES string of the molecule is COc1ccc(NC(=O)NNC(=O)[C@H]2C[C@H]2c2ccc(C(C)(C)C)cc2)c(OC)c1. The topological polar surface area (TPSA) is 88.7 Å². The highest BCUT2D eigenvalue weighted by Gasteiger charge is 2.44. The van der Waals surface area contributed by atoms with Crippen molar-refractivity contribution in [3.05, 3.63) is 53.6 Å². The number of carbonyl (C=O) groups is 2. The summed E-state index contributed by atoms with van der Waals surface area (Å²) >= 11 is 0. The summed E-state index contributed by atoms with van der Waals surface area (Å²) in [6.07, 6.45) is 0.774. The number of anilines is 1. The van der Waals surface area contributed by atoms with E-state index in [2.05, 4.69) is 61.2 Å². The molecule has 1 aliphatic carbocycles. The number of urea groups is 1. The first-order chi connectivity index (χ1) is 14.2. The van der Waals surface area contributed by atoms with E-state index in [1.807, 2.05) is 0 Å². The number of amides is 3. The predicted octanol–water partition coefficient (Wildman–Crippen LogP) is 3.96. The summed E-state index contributed by atoms with van der Waals surface area (Å²) < 4.78 is 10.4. The van der Waals surface area contributed by atoms with Crippen LogP contribution in [0.3, 0.4) is 0 Å². The van der Waals surface area contributed by atoms with Gasteiger partial charge in [0.2, 0.25) is 5.91 Å². The number of hydrogen-bond acceptors (Lipinski definition) is 4. The Morgan fingerprint density at radius 3 is 2.27 bits per heavy atom. The molecule has 1 fully saturated rings. The van der Waals surface area contributed by atoms with Gasteiger partial charge in [-0.3, -0.25) is 10.2 Å². The molecule has 0 unspecified atom stereocenters. The number of methoxy groups -OCH3 is 2. The lowest BCUT2D eigenvalue weighted by Crippen LogP contribution is -2.44. The number of ether oxygens (including phenoxy) is 2. The smallest absolute Gasteiger partial charge is 0.338 e. The van der Waals surface area contributed by atoms with Crippen LogP contribution in [0.1, 0.15) is 44.2 Å². The molecule has 1 aliphatic rings.